The Hall–Kier alpha value is -0.560. The molecule has 0 aliphatic rings. The Morgan fingerprint density at radius 3 is 2.43 bits per heavy atom. The summed E-state index contributed by atoms with van der Waals surface area (Å²) in [5.41, 5.74) is 1.71. The van der Waals surface area contributed by atoms with Crippen molar-refractivity contribution in [1.29, 1.82) is 0 Å². The smallest absolute Gasteiger partial charge is 0.00966 e. The topological polar surface area (TPSA) is 12.0 Å². The third kappa shape index (κ3) is 9.53. The first-order chi connectivity index (χ1) is 6.45. The summed E-state index contributed by atoms with van der Waals surface area (Å²) >= 11 is 0. The van der Waals surface area contributed by atoms with Crippen molar-refractivity contribution >= 4 is 0 Å². The molecule has 0 fully saturated rings. The maximum Gasteiger partial charge on any atom is 0.00966 e. The summed E-state index contributed by atoms with van der Waals surface area (Å²) in [7, 11) is 0. The van der Waals surface area contributed by atoms with Gasteiger partial charge in [-0.25, -0.2) is 0 Å². The molecule has 0 unspecified atom stereocenters. The molecule has 82 valence electrons. The van der Waals surface area contributed by atoms with E-state index in [9.17, 15) is 0 Å². The van der Waals surface area contributed by atoms with E-state index in [1.54, 1.807) is 0 Å². The number of rotatable bonds is 6. The zero-order valence-corrected chi connectivity index (χ0v) is 10.2. The predicted molar refractivity (Wildman–Crippen MR) is 65.6 cm³/mol. The Labute approximate surface area is 89.3 Å². The third-order valence-electron chi connectivity index (χ3n) is 2.04. The molecular formula is C13H25N. The van der Waals surface area contributed by atoms with Crippen LogP contribution in [0.4, 0.5) is 0 Å². The van der Waals surface area contributed by atoms with Gasteiger partial charge in [0, 0.05) is 5.54 Å². The van der Waals surface area contributed by atoms with Gasteiger partial charge in [-0.05, 0) is 53.5 Å². The lowest BCUT2D eigenvalue weighted by molar-refractivity contribution is 0.431. The van der Waals surface area contributed by atoms with Crippen LogP contribution >= 0.6 is 0 Å². The van der Waals surface area contributed by atoms with Crippen LogP contribution in [0, 0.1) is 0 Å². The van der Waals surface area contributed by atoms with E-state index in [1.807, 2.05) is 6.08 Å². The maximum atomic E-state index is 3.72. The van der Waals surface area contributed by atoms with Gasteiger partial charge in [-0.3, -0.25) is 0 Å². The van der Waals surface area contributed by atoms with Crippen LogP contribution in [0.2, 0.25) is 0 Å². The summed E-state index contributed by atoms with van der Waals surface area (Å²) in [6.07, 6.45) is 7.67. The monoisotopic (exact) mass is 195 g/mol. The normalized spacial score (nSPS) is 13.0. The van der Waals surface area contributed by atoms with Gasteiger partial charge in [0.05, 0.1) is 0 Å². The van der Waals surface area contributed by atoms with Crippen LogP contribution in [0.15, 0.2) is 24.3 Å². The molecule has 14 heavy (non-hydrogen) atoms. The van der Waals surface area contributed by atoms with Gasteiger partial charge in [0.2, 0.25) is 0 Å². The number of hydrogen-bond donors (Lipinski definition) is 1. The average molecular weight is 195 g/mol. The van der Waals surface area contributed by atoms with E-state index in [0.29, 0.717) is 0 Å². The van der Waals surface area contributed by atoms with Crippen LogP contribution in [-0.4, -0.2) is 12.1 Å². The second-order valence-corrected chi connectivity index (χ2v) is 4.84. The summed E-state index contributed by atoms with van der Waals surface area (Å²) in [6.45, 7) is 13.6. The predicted octanol–water partition coefficient (Wildman–Crippen LogP) is 3.68. The summed E-state index contributed by atoms with van der Waals surface area (Å²) in [5, 5.41) is 3.47. The molecule has 0 saturated carbocycles. The van der Waals surface area contributed by atoms with Gasteiger partial charge in [-0.1, -0.05) is 17.7 Å². The molecule has 0 amide bonds. The second-order valence-electron chi connectivity index (χ2n) is 4.84. The van der Waals surface area contributed by atoms with E-state index in [4.69, 9.17) is 0 Å². The van der Waals surface area contributed by atoms with Gasteiger partial charge >= 0.3 is 0 Å². The second kappa shape index (κ2) is 6.83. The molecule has 1 nitrogen and oxygen atoms in total. The number of hydrogen-bond acceptors (Lipinski definition) is 1. The van der Waals surface area contributed by atoms with Crippen LogP contribution in [0.3, 0.4) is 0 Å². The molecule has 0 aromatic carbocycles. The Morgan fingerprint density at radius 1 is 1.29 bits per heavy atom. The highest BCUT2D eigenvalue weighted by atomic mass is 14.9. The van der Waals surface area contributed by atoms with E-state index >= 15 is 0 Å². The molecule has 0 aliphatic heterocycles. The SMILES string of the molecule is C=CCCC(C)=CCCNC(C)(C)C. The lowest BCUT2D eigenvalue weighted by Crippen LogP contribution is -2.36. The Bertz CT molecular complexity index is 184. The van der Waals surface area contributed by atoms with Gasteiger partial charge in [-0.15, -0.1) is 6.58 Å². The highest BCUT2D eigenvalue weighted by Gasteiger charge is 2.06. The lowest BCUT2D eigenvalue weighted by Gasteiger charge is -2.19. The molecule has 0 spiro atoms. The number of nitrogens with one attached hydrogen (secondary N) is 1. The fraction of sp³-hybridized carbons (Fsp3) is 0.692. The van der Waals surface area contributed by atoms with Gasteiger partial charge < -0.3 is 5.32 Å². The average Bonchev–Trinajstić information content (AvgIpc) is 2.07. The fourth-order valence-electron chi connectivity index (χ4n) is 1.20. The van der Waals surface area contributed by atoms with Gasteiger partial charge in [0.15, 0.2) is 0 Å². The van der Waals surface area contributed by atoms with E-state index in [2.05, 4.69) is 45.7 Å². The van der Waals surface area contributed by atoms with Crippen molar-refractivity contribution in [2.24, 2.45) is 0 Å². The minimum atomic E-state index is 0.239. The molecule has 0 heterocycles. The minimum absolute atomic E-state index is 0.239. The molecule has 0 rings (SSSR count). The summed E-state index contributed by atoms with van der Waals surface area (Å²) in [5.74, 6) is 0. The standard InChI is InChI=1S/C13H25N/c1-6-7-9-12(2)10-8-11-14-13(3,4)5/h6,10,14H,1,7-9,11H2,2-5H3. The molecule has 1 heteroatoms. The first kappa shape index (κ1) is 13.4. The van der Waals surface area contributed by atoms with E-state index in [0.717, 1.165) is 25.8 Å². The van der Waals surface area contributed by atoms with Crippen molar-refractivity contribution < 1.29 is 0 Å². The van der Waals surface area contributed by atoms with Crippen molar-refractivity contribution in [2.45, 2.75) is 52.5 Å². The molecule has 0 aromatic rings. The van der Waals surface area contributed by atoms with Crippen LogP contribution in [0.1, 0.15) is 47.0 Å². The third-order valence-corrected chi connectivity index (χ3v) is 2.04. The van der Waals surface area contributed by atoms with Crippen molar-refractivity contribution in [3.05, 3.63) is 24.3 Å². The van der Waals surface area contributed by atoms with Crippen LogP contribution in [-0.2, 0) is 0 Å². The minimum Gasteiger partial charge on any atom is -0.312 e. The summed E-state index contributed by atoms with van der Waals surface area (Å²) in [6, 6.07) is 0. The molecule has 0 aromatic heterocycles. The summed E-state index contributed by atoms with van der Waals surface area (Å²) < 4.78 is 0. The molecule has 0 saturated heterocycles. The number of allylic oxidation sites excluding steroid dienone is 2. The molecule has 0 bridgehead atoms. The van der Waals surface area contributed by atoms with Gasteiger partial charge in [-0.2, -0.15) is 0 Å². The van der Waals surface area contributed by atoms with E-state index < -0.39 is 0 Å². The van der Waals surface area contributed by atoms with Crippen molar-refractivity contribution in [2.75, 3.05) is 6.54 Å². The van der Waals surface area contributed by atoms with Crippen LogP contribution in [0.25, 0.3) is 0 Å². The Morgan fingerprint density at radius 2 is 1.93 bits per heavy atom. The molecule has 1 N–H and O–H groups in total. The quantitative estimate of drug-likeness (QED) is 0.503. The van der Waals surface area contributed by atoms with Crippen LogP contribution in [0.5, 0.6) is 0 Å². The lowest BCUT2D eigenvalue weighted by atomic mass is 10.1. The summed E-state index contributed by atoms with van der Waals surface area (Å²) in [4.78, 5) is 0. The highest BCUT2D eigenvalue weighted by molar-refractivity contribution is 4.99. The van der Waals surface area contributed by atoms with Crippen LogP contribution < -0.4 is 5.32 Å². The van der Waals surface area contributed by atoms with Gasteiger partial charge in [0.25, 0.3) is 0 Å². The Balaban J connectivity index is 3.55. The maximum absolute atomic E-state index is 3.72. The molecule has 0 aliphatic carbocycles. The first-order valence-corrected chi connectivity index (χ1v) is 5.47. The first-order valence-electron chi connectivity index (χ1n) is 5.47. The zero-order valence-electron chi connectivity index (χ0n) is 10.2. The molecule has 0 radical (unpaired) electrons. The van der Waals surface area contributed by atoms with Crippen molar-refractivity contribution in [3.8, 4) is 0 Å². The molecule has 0 atom stereocenters. The zero-order chi connectivity index (χ0) is 11.0. The van der Waals surface area contributed by atoms with E-state index in [1.165, 1.54) is 5.57 Å². The van der Waals surface area contributed by atoms with Crippen molar-refractivity contribution in [1.82, 2.24) is 5.32 Å². The largest absolute Gasteiger partial charge is 0.312 e. The van der Waals surface area contributed by atoms with E-state index in [-0.39, 0.29) is 5.54 Å². The Kier molecular flexibility index (Phi) is 6.56. The van der Waals surface area contributed by atoms with Crippen molar-refractivity contribution in [3.63, 3.8) is 0 Å². The molecular weight excluding hydrogens is 170 g/mol. The van der Waals surface area contributed by atoms with Gasteiger partial charge in [0.1, 0.15) is 0 Å². The fourth-order valence-corrected chi connectivity index (χ4v) is 1.20. The highest BCUT2D eigenvalue weighted by Crippen LogP contribution is 2.05.